The summed E-state index contributed by atoms with van der Waals surface area (Å²) in [7, 11) is -3.24. The van der Waals surface area contributed by atoms with E-state index in [2.05, 4.69) is 4.98 Å². The smallest absolute Gasteiger partial charge is 0.215 e. The molecular formula is C12H16N2O3S. The predicted octanol–water partition coefficient (Wildman–Crippen LogP) is 1.82. The number of benzene rings is 1. The Morgan fingerprint density at radius 3 is 2.67 bits per heavy atom. The molecule has 2 aromatic rings. The molecule has 0 aliphatic heterocycles. The van der Waals surface area contributed by atoms with Gasteiger partial charge in [0.15, 0.2) is 15.4 Å². The molecule has 0 aliphatic carbocycles. The lowest BCUT2D eigenvalue weighted by atomic mass is 10.0. The number of fused-ring (bicyclic) bond motifs is 1. The Labute approximate surface area is 106 Å². The van der Waals surface area contributed by atoms with E-state index in [9.17, 15) is 8.42 Å². The van der Waals surface area contributed by atoms with Gasteiger partial charge in [-0.2, -0.15) is 0 Å². The Morgan fingerprint density at radius 1 is 1.44 bits per heavy atom. The van der Waals surface area contributed by atoms with Crippen molar-refractivity contribution in [1.82, 2.24) is 4.98 Å². The van der Waals surface area contributed by atoms with E-state index >= 15 is 0 Å². The quantitative estimate of drug-likeness (QED) is 0.917. The Bertz CT molecular complexity index is 686. The van der Waals surface area contributed by atoms with Crippen LogP contribution in [-0.4, -0.2) is 19.7 Å². The summed E-state index contributed by atoms with van der Waals surface area (Å²) in [5.41, 5.74) is 6.46. The fraction of sp³-hybridized carbons (Fsp3) is 0.417. The van der Waals surface area contributed by atoms with E-state index in [1.54, 1.807) is 6.07 Å². The molecule has 0 fully saturated rings. The molecule has 18 heavy (non-hydrogen) atoms. The van der Waals surface area contributed by atoms with Crippen LogP contribution in [0.25, 0.3) is 11.1 Å². The highest BCUT2D eigenvalue weighted by atomic mass is 32.2. The molecule has 1 atom stereocenters. The summed E-state index contributed by atoms with van der Waals surface area (Å²) in [6, 6.07) is 4.61. The van der Waals surface area contributed by atoms with Crippen molar-refractivity contribution in [2.24, 2.45) is 5.73 Å². The molecule has 1 unspecified atom stereocenters. The van der Waals surface area contributed by atoms with E-state index in [0.29, 0.717) is 23.4 Å². The molecule has 2 N–H and O–H groups in total. The molecule has 1 heterocycles. The van der Waals surface area contributed by atoms with Crippen molar-refractivity contribution in [1.29, 1.82) is 0 Å². The second-order valence-corrected chi connectivity index (χ2v) is 6.71. The van der Waals surface area contributed by atoms with Gasteiger partial charge >= 0.3 is 0 Å². The van der Waals surface area contributed by atoms with Crippen LogP contribution in [0, 0.1) is 0 Å². The lowest BCUT2D eigenvalue weighted by Crippen LogP contribution is -2.32. The van der Waals surface area contributed by atoms with Gasteiger partial charge in [0.05, 0.1) is 10.4 Å². The van der Waals surface area contributed by atoms with Gasteiger partial charge in [-0.05, 0) is 31.5 Å². The molecule has 0 saturated carbocycles. The van der Waals surface area contributed by atoms with Gasteiger partial charge in [0.25, 0.3) is 0 Å². The molecule has 5 nitrogen and oxygen atoms in total. The zero-order valence-corrected chi connectivity index (χ0v) is 11.4. The van der Waals surface area contributed by atoms with E-state index < -0.39 is 15.4 Å². The van der Waals surface area contributed by atoms with Gasteiger partial charge < -0.3 is 10.2 Å². The standard InChI is InChI=1S/C12H16N2O3S/c1-4-12(2,13)11-14-9-7-8(18(3,15)16)5-6-10(9)17-11/h5-7H,4,13H2,1-3H3. The average molecular weight is 268 g/mol. The van der Waals surface area contributed by atoms with Gasteiger partial charge in [-0.3, -0.25) is 0 Å². The van der Waals surface area contributed by atoms with Crippen LogP contribution >= 0.6 is 0 Å². The first-order chi connectivity index (χ1) is 8.24. The van der Waals surface area contributed by atoms with Crippen molar-refractivity contribution in [3.63, 3.8) is 0 Å². The summed E-state index contributed by atoms with van der Waals surface area (Å²) in [6.45, 7) is 3.77. The molecule has 2 rings (SSSR count). The topological polar surface area (TPSA) is 86.2 Å². The number of hydrogen-bond donors (Lipinski definition) is 1. The molecule has 0 amide bonds. The van der Waals surface area contributed by atoms with Crippen LogP contribution in [-0.2, 0) is 15.4 Å². The van der Waals surface area contributed by atoms with Gasteiger partial charge in [-0.25, -0.2) is 13.4 Å². The normalized spacial score (nSPS) is 15.8. The van der Waals surface area contributed by atoms with E-state index in [4.69, 9.17) is 10.2 Å². The molecule has 0 bridgehead atoms. The van der Waals surface area contributed by atoms with Crippen LogP contribution in [0.5, 0.6) is 0 Å². The first kappa shape index (κ1) is 13.0. The third kappa shape index (κ3) is 2.26. The SMILES string of the molecule is CCC(C)(N)c1nc2cc(S(C)(=O)=O)ccc2o1. The highest BCUT2D eigenvalue weighted by Gasteiger charge is 2.25. The van der Waals surface area contributed by atoms with Crippen LogP contribution in [0.2, 0.25) is 0 Å². The van der Waals surface area contributed by atoms with Crippen LogP contribution in [0.3, 0.4) is 0 Å². The molecule has 1 aromatic heterocycles. The van der Waals surface area contributed by atoms with Gasteiger partial charge in [-0.1, -0.05) is 6.92 Å². The molecule has 98 valence electrons. The molecule has 6 heteroatoms. The summed E-state index contributed by atoms with van der Waals surface area (Å²) >= 11 is 0. The Morgan fingerprint density at radius 2 is 2.11 bits per heavy atom. The average Bonchev–Trinajstić information content (AvgIpc) is 2.71. The van der Waals surface area contributed by atoms with Crippen molar-refractivity contribution in [2.45, 2.75) is 30.7 Å². The van der Waals surface area contributed by atoms with Crippen molar-refractivity contribution < 1.29 is 12.8 Å². The number of sulfone groups is 1. The summed E-state index contributed by atoms with van der Waals surface area (Å²) in [4.78, 5) is 4.50. The highest BCUT2D eigenvalue weighted by molar-refractivity contribution is 7.90. The third-order valence-corrected chi connectivity index (χ3v) is 4.12. The second-order valence-electron chi connectivity index (χ2n) is 4.69. The van der Waals surface area contributed by atoms with Crippen molar-refractivity contribution >= 4 is 20.9 Å². The third-order valence-electron chi connectivity index (χ3n) is 3.01. The van der Waals surface area contributed by atoms with Crippen LogP contribution in [0.15, 0.2) is 27.5 Å². The minimum Gasteiger partial charge on any atom is -0.439 e. The second kappa shape index (κ2) is 4.07. The molecule has 0 spiro atoms. The Kier molecular flexibility index (Phi) is 2.95. The summed E-state index contributed by atoms with van der Waals surface area (Å²) in [5.74, 6) is 0.422. The van der Waals surface area contributed by atoms with E-state index in [1.165, 1.54) is 12.1 Å². The lowest BCUT2D eigenvalue weighted by molar-refractivity contribution is 0.356. The number of aromatic nitrogens is 1. The molecule has 0 radical (unpaired) electrons. The number of nitrogens with two attached hydrogens (primary N) is 1. The maximum Gasteiger partial charge on any atom is 0.215 e. The van der Waals surface area contributed by atoms with E-state index in [1.807, 2.05) is 13.8 Å². The van der Waals surface area contributed by atoms with E-state index in [-0.39, 0.29) is 4.90 Å². The Hall–Kier alpha value is -1.40. The van der Waals surface area contributed by atoms with Crippen molar-refractivity contribution in [2.75, 3.05) is 6.26 Å². The number of oxazole rings is 1. The number of hydrogen-bond acceptors (Lipinski definition) is 5. The van der Waals surface area contributed by atoms with Crippen LogP contribution in [0.4, 0.5) is 0 Å². The zero-order chi connectivity index (χ0) is 13.6. The van der Waals surface area contributed by atoms with Gasteiger partial charge in [0.1, 0.15) is 5.52 Å². The van der Waals surface area contributed by atoms with E-state index in [0.717, 1.165) is 6.26 Å². The van der Waals surface area contributed by atoms with Crippen LogP contribution in [0.1, 0.15) is 26.2 Å². The summed E-state index contributed by atoms with van der Waals surface area (Å²) in [5, 5.41) is 0. The monoisotopic (exact) mass is 268 g/mol. The highest BCUT2D eigenvalue weighted by Crippen LogP contribution is 2.26. The fourth-order valence-corrected chi connectivity index (χ4v) is 2.17. The summed E-state index contributed by atoms with van der Waals surface area (Å²) in [6.07, 6.45) is 1.84. The summed E-state index contributed by atoms with van der Waals surface area (Å²) < 4.78 is 28.5. The molecule has 1 aromatic carbocycles. The molecular weight excluding hydrogens is 252 g/mol. The molecule has 0 aliphatic rings. The molecule has 0 saturated heterocycles. The van der Waals surface area contributed by atoms with Gasteiger partial charge in [0, 0.05) is 6.26 Å². The number of nitrogens with zero attached hydrogens (tertiary/aromatic N) is 1. The fourth-order valence-electron chi connectivity index (χ4n) is 1.53. The number of rotatable bonds is 3. The largest absolute Gasteiger partial charge is 0.439 e. The van der Waals surface area contributed by atoms with Crippen molar-refractivity contribution in [3.05, 3.63) is 24.1 Å². The zero-order valence-electron chi connectivity index (χ0n) is 10.6. The lowest BCUT2D eigenvalue weighted by Gasteiger charge is -2.17. The first-order valence-corrected chi connectivity index (χ1v) is 7.53. The van der Waals surface area contributed by atoms with Crippen molar-refractivity contribution in [3.8, 4) is 0 Å². The first-order valence-electron chi connectivity index (χ1n) is 5.64. The van der Waals surface area contributed by atoms with Crippen LogP contribution < -0.4 is 5.73 Å². The maximum absolute atomic E-state index is 11.5. The Balaban J connectivity index is 2.60. The van der Waals surface area contributed by atoms with Gasteiger partial charge in [-0.15, -0.1) is 0 Å². The van der Waals surface area contributed by atoms with Gasteiger partial charge in [0.2, 0.25) is 5.89 Å². The predicted molar refractivity (Wildman–Crippen MR) is 68.9 cm³/mol. The minimum absolute atomic E-state index is 0.227. The maximum atomic E-state index is 11.5. The minimum atomic E-state index is -3.24.